The van der Waals surface area contributed by atoms with E-state index in [-0.39, 0.29) is 17.9 Å². The molecule has 1 aliphatic heterocycles. The molecule has 1 N–H and O–H groups in total. The van der Waals surface area contributed by atoms with Gasteiger partial charge in [0.15, 0.2) is 0 Å². The number of hydrogen-bond acceptors (Lipinski definition) is 4. The average Bonchev–Trinajstić information content (AvgIpc) is 2.99. The molecule has 0 saturated carbocycles. The van der Waals surface area contributed by atoms with Crippen molar-refractivity contribution in [3.63, 3.8) is 0 Å². The van der Waals surface area contributed by atoms with Crippen molar-refractivity contribution in [3.8, 4) is 5.75 Å². The predicted octanol–water partition coefficient (Wildman–Crippen LogP) is 1.67. The minimum absolute atomic E-state index is 0.0781. The summed E-state index contributed by atoms with van der Waals surface area (Å²) in [5.74, 6) is 0.692. The van der Waals surface area contributed by atoms with Crippen molar-refractivity contribution >= 4 is 11.6 Å². The molecule has 0 aromatic heterocycles. The van der Waals surface area contributed by atoms with Crippen LogP contribution in [0.3, 0.4) is 0 Å². The third kappa shape index (κ3) is 3.74. The lowest BCUT2D eigenvalue weighted by Gasteiger charge is -2.24. The molecule has 5 nitrogen and oxygen atoms in total. The average molecular weight is 292 g/mol. The molecule has 0 aliphatic carbocycles. The molecule has 1 aromatic carbocycles. The molecule has 1 aliphatic rings. The van der Waals surface area contributed by atoms with Crippen LogP contribution in [-0.2, 0) is 9.53 Å². The van der Waals surface area contributed by atoms with E-state index in [4.69, 9.17) is 9.47 Å². The Bertz CT molecular complexity index is 478. The Hall–Kier alpha value is -1.59. The van der Waals surface area contributed by atoms with E-state index in [1.807, 2.05) is 24.3 Å². The van der Waals surface area contributed by atoms with Gasteiger partial charge in [0, 0.05) is 24.8 Å². The molecule has 21 heavy (non-hydrogen) atoms. The van der Waals surface area contributed by atoms with E-state index in [1.54, 1.807) is 19.1 Å². The molecule has 116 valence electrons. The van der Waals surface area contributed by atoms with Crippen LogP contribution in [0.2, 0.25) is 0 Å². The van der Waals surface area contributed by atoms with Crippen LogP contribution in [0, 0.1) is 5.92 Å². The molecule has 2 unspecified atom stereocenters. The van der Waals surface area contributed by atoms with E-state index >= 15 is 0 Å². The molecule has 0 bridgehead atoms. The van der Waals surface area contributed by atoms with E-state index in [2.05, 4.69) is 12.2 Å². The normalized spacial score (nSPS) is 21.3. The van der Waals surface area contributed by atoms with Gasteiger partial charge in [0.2, 0.25) is 5.91 Å². The molecular formula is C16H24N2O3. The SMILES string of the molecule is CCCNC1COCC1C(=O)N(C)c1cccc(OC)c1. The van der Waals surface area contributed by atoms with Crippen LogP contribution >= 0.6 is 0 Å². The Morgan fingerprint density at radius 1 is 1.48 bits per heavy atom. The number of carbonyl (C=O) groups is 1. The van der Waals surface area contributed by atoms with Gasteiger partial charge in [0.05, 0.1) is 26.2 Å². The molecule has 0 spiro atoms. The van der Waals surface area contributed by atoms with Gasteiger partial charge in [-0.1, -0.05) is 13.0 Å². The van der Waals surface area contributed by atoms with Gasteiger partial charge in [-0.15, -0.1) is 0 Å². The van der Waals surface area contributed by atoms with E-state index in [0.717, 1.165) is 24.4 Å². The monoisotopic (exact) mass is 292 g/mol. The van der Waals surface area contributed by atoms with E-state index in [0.29, 0.717) is 13.2 Å². The smallest absolute Gasteiger partial charge is 0.233 e. The fraction of sp³-hybridized carbons (Fsp3) is 0.562. The largest absolute Gasteiger partial charge is 0.497 e. The summed E-state index contributed by atoms with van der Waals surface area (Å²) in [6.07, 6.45) is 1.04. The minimum atomic E-state index is -0.132. The second-order valence-electron chi connectivity index (χ2n) is 5.30. The number of benzene rings is 1. The first-order valence-corrected chi connectivity index (χ1v) is 7.40. The van der Waals surface area contributed by atoms with Gasteiger partial charge >= 0.3 is 0 Å². The number of carbonyl (C=O) groups excluding carboxylic acids is 1. The van der Waals surface area contributed by atoms with Crippen LogP contribution in [0.25, 0.3) is 0 Å². The summed E-state index contributed by atoms with van der Waals surface area (Å²) in [6.45, 7) is 4.10. The van der Waals surface area contributed by atoms with E-state index in [1.165, 1.54) is 0 Å². The highest BCUT2D eigenvalue weighted by Gasteiger charge is 2.35. The van der Waals surface area contributed by atoms with E-state index < -0.39 is 0 Å². The number of anilines is 1. The van der Waals surface area contributed by atoms with Crippen molar-refractivity contribution in [2.45, 2.75) is 19.4 Å². The zero-order valence-electron chi connectivity index (χ0n) is 13.0. The third-order valence-electron chi connectivity index (χ3n) is 3.83. The highest BCUT2D eigenvalue weighted by molar-refractivity contribution is 5.95. The number of amides is 1. The van der Waals surface area contributed by atoms with Crippen LogP contribution in [0.15, 0.2) is 24.3 Å². The first-order valence-electron chi connectivity index (χ1n) is 7.40. The van der Waals surface area contributed by atoms with Gasteiger partial charge in [0.1, 0.15) is 5.75 Å². The molecule has 0 radical (unpaired) electrons. The van der Waals surface area contributed by atoms with Crippen LogP contribution < -0.4 is 15.0 Å². The van der Waals surface area contributed by atoms with Gasteiger partial charge in [-0.25, -0.2) is 0 Å². The molecule has 1 saturated heterocycles. The van der Waals surface area contributed by atoms with Crippen molar-refractivity contribution in [1.29, 1.82) is 0 Å². The lowest BCUT2D eigenvalue weighted by molar-refractivity contribution is -0.122. The van der Waals surface area contributed by atoms with E-state index in [9.17, 15) is 4.79 Å². The predicted molar refractivity (Wildman–Crippen MR) is 82.8 cm³/mol. The highest BCUT2D eigenvalue weighted by Crippen LogP contribution is 2.24. The number of hydrogen-bond donors (Lipinski definition) is 1. The topological polar surface area (TPSA) is 50.8 Å². The van der Waals surface area contributed by atoms with Crippen LogP contribution in [0.1, 0.15) is 13.3 Å². The summed E-state index contributed by atoms with van der Waals surface area (Å²) in [4.78, 5) is 14.4. The Balaban J connectivity index is 2.07. The van der Waals surface area contributed by atoms with Crippen LogP contribution in [-0.4, -0.2) is 45.9 Å². The van der Waals surface area contributed by atoms with Gasteiger partial charge in [-0.3, -0.25) is 4.79 Å². The fourth-order valence-electron chi connectivity index (χ4n) is 2.52. The second kappa shape index (κ2) is 7.43. The molecule has 2 rings (SSSR count). The van der Waals surface area contributed by atoms with Crippen LogP contribution in [0.5, 0.6) is 5.75 Å². The van der Waals surface area contributed by atoms with Gasteiger partial charge in [-0.05, 0) is 25.1 Å². The standard InChI is InChI=1S/C16H24N2O3/c1-4-8-17-15-11-21-10-14(15)16(19)18(2)12-6-5-7-13(9-12)20-3/h5-7,9,14-15,17H,4,8,10-11H2,1-3H3. The van der Waals surface area contributed by atoms with Crippen LogP contribution in [0.4, 0.5) is 5.69 Å². The summed E-state index contributed by atoms with van der Waals surface area (Å²) in [5, 5.41) is 3.39. The number of nitrogens with one attached hydrogen (secondary N) is 1. The summed E-state index contributed by atoms with van der Waals surface area (Å²) in [6, 6.07) is 7.63. The second-order valence-corrected chi connectivity index (χ2v) is 5.30. The Morgan fingerprint density at radius 2 is 2.29 bits per heavy atom. The highest BCUT2D eigenvalue weighted by atomic mass is 16.5. The zero-order valence-corrected chi connectivity index (χ0v) is 13.0. The molecular weight excluding hydrogens is 268 g/mol. The molecule has 1 aromatic rings. The number of rotatable bonds is 6. The molecule has 1 heterocycles. The molecule has 1 amide bonds. The van der Waals surface area contributed by atoms with Crippen molar-refractivity contribution in [2.75, 3.05) is 38.8 Å². The van der Waals surface area contributed by atoms with Gasteiger partial charge < -0.3 is 19.7 Å². The Labute approximate surface area is 126 Å². The summed E-state index contributed by atoms with van der Waals surface area (Å²) in [7, 11) is 3.42. The fourth-order valence-corrected chi connectivity index (χ4v) is 2.52. The van der Waals surface area contributed by atoms with Gasteiger partial charge in [-0.2, -0.15) is 0 Å². The van der Waals surface area contributed by atoms with Crippen molar-refractivity contribution in [2.24, 2.45) is 5.92 Å². The number of methoxy groups -OCH3 is 1. The minimum Gasteiger partial charge on any atom is -0.497 e. The van der Waals surface area contributed by atoms with Gasteiger partial charge in [0.25, 0.3) is 0 Å². The lowest BCUT2D eigenvalue weighted by atomic mass is 10.0. The third-order valence-corrected chi connectivity index (χ3v) is 3.83. The quantitative estimate of drug-likeness (QED) is 0.866. The van der Waals surface area contributed by atoms with Crippen molar-refractivity contribution < 1.29 is 14.3 Å². The lowest BCUT2D eigenvalue weighted by Crippen LogP contribution is -2.45. The maximum Gasteiger partial charge on any atom is 0.233 e. The summed E-state index contributed by atoms with van der Waals surface area (Å²) >= 11 is 0. The summed E-state index contributed by atoms with van der Waals surface area (Å²) < 4.78 is 10.7. The van der Waals surface area contributed by atoms with Crippen molar-refractivity contribution in [3.05, 3.63) is 24.3 Å². The first-order chi connectivity index (χ1) is 10.2. The molecule has 2 atom stereocenters. The zero-order chi connectivity index (χ0) is 15.2. The summed E-state index contributed by atoms with van der Waals surface area (Å²) in [5.41, 5.74) is 0.834. The first kappa shape index (κ1) is 15.8. The number of ether oxygens (including phenoxy) is 2. The Morgan fingerprint density at radius 3 is 3.00 bits per heavy atom. The number of nitrogens with zero attached hydrogens (tertiary/aromatic N) is 1. The molecule has 1 fully saturated rings. The maximum absolute atomic E-state index is 12.7. The Kier molecular flexibility index (Phi) is 5.59. The maximum atomic E-state index is 12.7. The van der Waals surface area contributed by atoms with Crippen molar-refractivity contribution in [1.82, 2.24) is 5.32 Å². The molecule has 5 heteroatoms.